The Morgan fingerprint density at radius 2 is 1.96 bits per heavy atom. The van der Waals surface area contributed by atoms with Crippen molar-refractivity contribution < 1.29 is 22.8 Å². The van der Waals surface area contributed by atoms with Gasteiger partial charge in [0.25, 0.3) is 0 Å². The molecule has 5 nitrogen and oxygen atoms in total. The van der Waals surface area contributed by atoms with Crippen molar-refractivity contribution in [3.8, 4) is 0 Å². The zero-order valence-electron chi connectivity index (χ0n) is 14.8. The van der Waals surface area contributed by atoms with E-state index < -0.39 is 17.6 Å². The number of carbonyl (C=O) groups is 2. The first-order valence-electron chi connectivity index (χ1n) is 8.43. The standard InChI is InChI=1S/C19H20F3N3O2/c1-14(26)6-4-5-11-25-13-16(12-23-25)24-18(27)10-9-15-7-2-3-8-17(15)19(20,21)22/h2-3,7-10,12-13H,4-6,11H2,1H3,(H,24,27)/b10-9+. The minimum atomic E-state index is -4.49. The van der Waals surface area contributed by atoms with Gasteiger partial charge in [-0.25, -0.2) is 0 Å². The molecule has 0 fully saturated rings. The van der Waals surface area contributed by atoms with E-state index in [1.165, 1.54) is 24.4 Å². The maximum atomic E-state index is 12.9. The lowest BCUT2D eigenvalue weighted by Gasteiger charge is -2.09. The highest BCUT2D eigenvalue weighted by Crippen LogP contribution is 2.32. The van der Waals surface area contributed by atoms with Gasteiger partial charge in [0.1, 0.15) is 5.78 Å². The normalized spacial score (nSPS) is 11.7. The summed E-state index contributed by atoms with van der Waals surface area (Å²) in [6, 6.07) is 5.04. The smallest absolute Gasteiger partial charge is 0.320 e. The maximum absolute atomic E-state index is 12.9. The third-order valence-electron chi connectivity index (χ3n) is 3.75. The molecule has 0 bridgehead atoms. The highest BCUT2D eigenvalue weighted by atomic mass is 19.4. The van der Waals surface area contributed by atoms with E-state index in [1.807, 2.05) is 0 Å². The first-order chi connectivity index (χ1) is 12.8. The van der Waals surface area contributed by atoms with E-state index in [0.717, 1.165) is 31.1 Å². The second-order valence-corrected chi connectivity index (χ2v) is 6.06. The zero-order valence-corrected chi connectivity index (χ0v) is 14.8. The van der Waals surface area contributed by atoms with Crippen LogP contribution in [-0.2, 0) is 22.3 Å². The molecule has 1 aromatic carbocycles. The van der Waals surface area contributed by atoms with Crippen LogP contribution in [0.4, 0.5) is 18.9 Å². The molecule has 27 heavy (non-hydrogen) atoms. The Balaban J connectivity index is 1.91. The van der Waals surface area contributed by atoms with Gasteiger partial charge in [0, 0.05) is 25.2 Å². The first kappa shape index (κ1) is 20.4. The molecule has 0 saturated heterocycles. The molecule has 144 valence electrons. The van der Waals surface area contributed by atoms with E-state index in [-0.39, 0.29) is 11.3 Å². The number of ketones is 1. The van der Waals surface area contributed by atoms with Crippen LogP contribution in [0.3, 0.4) is 0 Å². The molecule has 1 N–H and O–H groups in total. The van der Waals surface area contributed by atoms with Crippen LogP contribution in [0.1, 0.15) is 37.3 Å². The Morgan fingerprint density at radius 3 is 2.67 bits per heavy atom. The van der Waals surface area contributed by atoms with Crippen LogP contribution in [0.2, 0.25) is 0 Å². The molecular weight excluding hydrogens is 359 g/mol. The van der Waals surface area contributed by atoms with E-state index in [4.69, 9.17) is 0 Å². The molecule has 2 aromatic rings. The molecule has 0 saturated carbocycles. The molecule has 0 aliphatic carbocycles. The lowest BCUT2D eigenvalue weighted by atomic mass is 10.1. The van der Waals surface area contributed by atoms with E-state index in [2.05, 4.69) is 10.4 Å². The molecule has 2 rings (SSSR count). The second-order valence-electron chi connectivity index (χ2n) is 6.06. The van der Waals surface area contributed by atoms with Gasteiger partial charge < -0.3 is 10.1 Å². The van der Waals surface area contributed by atoms with Gasteiger partial charge in [-0.2, -0.15) is 18.3 Å². The molecule has 1 heterocycles. The molecule has 1 aromatic heterocycles. The molecule has 0 atom stereocenters. The molecule has 0 aliphatic rings. The van der Waals surface area contributed by atoms with Crippen molar-refractivity contribution in [3.05, 3.63) is 53.9 Å². The number of unbranched alkanes of at least 4 members (excludes halogenated alkanes) is 1. The lowest BCUT2D eigenvalue weighted by molar-refractivity contribution is -0.137. The molecule has 1 amide bonds. The van der Waals surface area contributed by atoms with Crippen LogP contribution < -0.4 is 5.32 Å². The fraction of sp³-hybridized carbons (Fsp3) is 0.316. The summed E-state index contributed by atoms with van der Waals surface area (Å²) in [4.78, 5) is 22.8. The molecule has 0 radical (unpaired) electrons. The molecule has 0 aliphatic heterocycles. The van der Waals surface area contributed by atoms with Gasteiger partial charge in [0.15, 0.2) is 0 Å². The summed E-state index contributed by atoms with van der Waals surface area (Å²) in [7, 11) is 0. The Kier molecular flexibility index (Phi) is 6.92. The van der Waals surface area contributed by atoms with Gasteiger partial charge in [-0.1, -0.05) is 18.2 Å². The summed E-state index contributed by atoms with van der Waals surface area (Å²) in [5, 5.41) is 6.65. The summed E-state index contributed by atoms with van der Waals surface area (Å²) in [6.07, 6.45) is 2.85. The Morgan fingerprint density at radius 1 is 1.22 bits per heavy atom. The predicted molar refractivity (Wildman–Crippen MR) is 95.9 cm³/mol. The van der Waals surface area contributed by atoms with Crippen molar-refractivity contribution in [3.63, 3.8) is 0 Å². The number of aromatic nitrogens is 2. The van der Waals surface area contributed by atoms with Gasteiger partial charge in [0.2, 0.25) is 5.91 Å². The van der Waals surface area contributed by atoms with Crippen molar-refractivity contribution in [2.45, 2.75) is 38.9 Å². The molecule has 8 heteroatoms. The molecule has 0 unspecified atom stereocenters. The van der Waals surface area contributed by atoms with Crippen LogP contribution in [0, 0.1) is 0 Å². The number of anilines is 1. The van der Waals surface area contributed by atoms with Crippen LogP contribution in [-0.4, -0.2) is 21.5 Å². The summed E-state index contributed by atoms with van der Waals surface area (Å²) in [5.41, 5.74) is -0.436. The van der Waals surface area contributed by atoms with E-state index in [0.29, 0.717) is 18.7 Å². The number of benzene rings is 1. The van der Waals surface area contributed by atoms with Crippen molar-refractivity contribution in [1.82, 2.24) is 9.78 Å². The predicted octanol–water partition coefficient (Wildman–Crippen LogP) is 4.31. The van der Waals surface area contributed by atoms with Crippen LogP contribution in [0.5, 0.6) is 0 Å². The number of hydrogen-bond acceptors (Lipinski definition) is 3. The number of carbonyl (C=O) groups excluding carboxylic acids is 2. The lowest BCUT2D eigenvalue weighted by Crippen LogP contribution is -2.09. The fourth-order valence-corrected chi connectivity index (χ4v) is 2.45. The quantitative estimate of drug-likeness (QED) is 0.549. The van der Waals surface area contributed by atoms with E-state index in [9.17, 15) is 22.8 Å². The SMILES string of the molecule is CC(=O)CCCCn1cc(NC(=O)/C=C/c2ccccc2C(F)(F)F)cn1. The highest BCUT2D eigenvalue weighted by molar-refractivity contribution is 6.01. The molecular formula is C19H20F3N3O2. The van der Waals surface area contributed by atoms with Gasteiger partial charge in [-0.05, 0) is 37.5 Å². The van der Waals surface area contributed by atoms with E-state index >= 15 is 0 Å². The summed E-state index contributed by atoms with van der Waals surface area (Å²) in [6.45, 7) is 2.15. The van der Waals surface area contributed by atoms with Crippen molar-refractivity contribution >= 4 is 23.5 Å². The summed E-state index contributed by atoms with van der Waals surface area (Å²) in [5.74, 6) is -0.412. The van der Waals surface area contributed by atoms with Crippen molar-refractivity contribution in [2.75, 3.05) is 5.32 Å². The minimum absolute atomic E-state index is 0.0821. The largest absolute Gasteiger partial charge is 0.416 e. The maximum Gasteiger partial charge on any atom is 0.416 e. The first-order valence-corrected chi connectivity index (χ1v) is 8.43. The molecule has 0 spiro atoms. The zero-order chi connectivity index (χ0) is 19.9. The third-order valence-corrected chi connectivity index (χ3v) is 3.75. The van der Waals surface area contributed by atoms with Gasteiger partial charge in [-0.3, -0.25) is 9.48 Å². The van der Waals surface area contributed by atoms with E-state index in [1.54, 1.807) is 17.8 Å². The van der Waals surface area contributed by atoms with Crippen LogP contribution in [0.25, 0.3) is 6.08 Å². The third kappa shape index (κ3) is 6.73. The number of aryl methyl sites for hydroxylation is 1. The number of nitrogens with zero attached hydrogens (tertiary/aromatic N) is 2. The van der Waals surface area contributed by atoms with Gasteiger partial charge in [-0.15, -0.1) is 0 Å². The topological polar surface area (TPSA) is 64.0 Å². The highest BCUT2D eigenvalue weighted by Gasteiger charge is 2.32. The number of amides is 1. The number of Topliss-reactive ketones (excluding diaryl/α,β-unsaturated/α-hetero) is 1. The monoisotopic (exact) mass is 379 g/mol. The Labute approximate surface area is 154 Å². The number of hydrogen-bond donors (Lipinski definition) is 1. The summed E-state index contributed by atoms with van der Waals surface area (Å²) < 4.78 is 40.4. The second kappa shape index (κ2) is 9.16. The van der Waals surface area contributed by atoms with Gasteiger partial charge >= 0.3 is 6.18 Å². The Bertz CT molecular complexity index is 826. The number of nitrogens with one attached hydrogen (secondary N) is 1. The number of halogens is 3. The van der Waals surface area contributed by atoms with Gasteiger partial charge in [0.05, 0.1) is 17.4 Å². The van der Waals surface area contributed by atoms with Crippen molar-refractivity contribution in [1.29, 1.82) is 0 Å². The minimum Gasteiger partial charge on any atom is -0.320 e. The number of alkyl halides is 3. The summed E-state index contributed by atoms with van der Waals surface area (Å²) >= 11 is 0. The Hall–Kier alpha value is -2.90. The van der Waals surface area contributed by atoms with Crippen LogP contribution in [0.15, 0.2) is 42.7 Å². The number of rotatable bonds is 8. The van der Waals surface area contributed by atoms with Crippen LogP contribution >= 0.6 is 0 Å². The average molecular weight is 379 g/mol. The fourth-order valence-electron chi connectivity index (χ4n) is 2.45. The average Bonchev–Trinajstić information content (AvgIpc) is 3.03. The van der Waals surface area contributed by atoms with Crippen molar-refractivity contribution in [2.24, 2.45) is 0 Å².